The molecule has 0 bridgehead atoms. The van der Waals surface area contributed by atoms with Crippen LogP contribution < -0.4 is 15.4 Å². The third kappa shape index (κ3) is 7.90. The summed E-state index contributed by atoms with van der Waals surface area (Å²) in [5, 5.41) is 16.9. The fraction of sp³-hybridized carbons (Fsp3) is 0.588. The molecule has 1 aromatic carbocycles. The second kappa shape index (κ2) is 11.8. The van der Waals surface area contributed by atoms with E-state index in [0.29, 0.717) is 24.2 Å². The van der Waals surface area contributed by atoms with E-state index in [-0.39, 0.29) is 30.1 Å². The Morgan fingerprint density at radius 1 is 1.33 bits per heavy atom. The van der Waals surface area contributed by atoms with E-state index in [4.69, 9.17) is 16.3 Å². The Morgan fingerprint density at radius 3 is 2.75 bits per heavy atom. The molecule has 0 atom stereocenters. The van der Waals surface area contributed by atoms with E-state index in [2.05, 4.69) is 15.6 Å². The van der Waals surface area contributed by atoms with Crippen LogP contribution in [0.2, 0.25) is 5.02 Å². The number of guanidine groups is 1. The summed E-state index contributed by atoms with van der Waals surface area (Å²) in [5.41, 5.74) is 0. The van der Waals surface area contributed by atoms with Gasteiger partial charge >= 0.3 is 0 Å². The smallest absolute Gasteiger partial charge is 0.191 e. The highest BCUT2D eigenvalue weighted by atomic mass is 127. The van der Waals surface area contributed by atoms with Crippen molar-refractivity contribution in [1.29, 1.82) is 0 Å². The summed E-state index contributed by atoms with van der Waals surface area (Å²) >= 11 is 5.92. The number of aliphatic hydroxyl groups is 1. The quantitative estimate of drug-likeness (QED) is 0.260. The van der Waals surface area contributed by atoms with Crippen molar-refractivity contribution in [2.24, 2.45) is 4.99 Å². The zero-order valence-corrected chi connectivity index (χ0v) is 17.1. The molecule has 0 aromatic heterocycles. The first-order chi connectivity index (χ1) is 11.2. The van der Waals surface area contributed by atoms with Crippen LogP contribution in [0.5, 0.6) is 5.75 Å². The molecule has 1 aliphatic rings. The summed E-state index contributed by atoms with van der Waals surface area (Å²) in [5.74, 6) is 1.57. The summed E-state index contributed by atoms with van der Waals surface area (Å²) in [4.78, 5) is 4.54. The van der Waals surface area contributed by atoms with Gasteiger partial charge in [-0.1, -0.05) is 17.7 Å². The molecule has 24 heavy (non-hydrogen) atoms. The molecule has 2 rings (SSSR count). The number of nitrogens with zero attached hydrogens (tertiary/aromatic N) is 1. The van der Waals surface area contributed by atoms with Gasteiger partial charge in [0.1, 0.15) is 12.4 Å². The highest BCUT2D eigenvalue weighted by molar-refractivity contribution is 14.0. The first-order valence-corrected chi connectivity index (χ1v) is 8.66. The average molecular weight is 468 g/mol. The van der Waals surface area contributed by atoms with E-state index in [1.165, 1.54) is 0 Å². The van der Waals surface area contributed by atoms with Crippen molar-refractivity contribution >= 4 is 41.5 Å². The van der Waals surface area contributed by atoms with Crippen LogP contribution in [0.1, 0.15) is 32.6 Å². The van der Waals surface area contributed by atoms with Gasteiger partial charge in [0.15, 0.2) is 5.96 Å². The Kier molecular flexibility index (Phi) is 10.4. The number of nitrogens with one attached hydrogen (secondary N) is 2. The van der Waals surface area contributed by atoms with Gasteiger partial charge < -0.3 is 20.5 Å². The van der Waals surface area contributed by atoms with Crippen molar-refractivity contribution in [2.75, 3.05) is 19.7 Å². The monoisotopic (exact) mass is 467 g/mol. The summed E-state index contributed by atoms with van der Waals surface area (Å²) in [6, 6.07) is 7.74. The lowest BCUT2D eigenvalue weighted by Gasteiger charge is -2.27. The molecule has 136 valence electrons. The van der Waals surface area contributed by atoms with Crippen molar-refractivity contribution in [3.8, 4) is 5.75 Å². The van der Waals surface area contributed by atoms with Gasteiger partial charge in [0.25, 0.3) is 0 Å². The van der Waals surface area contributed by atoms with Crippen LogP contribution in [-0.4, -0.2) is 42.9 Å². The second-order valence-corrected chi connectivity index (χ2v) is 6.15. The van der Waals surface area contributed by atoms with E-state index < -0.39 is 0 Å². The number of ether oxygens (including phenoxy) is 1. The maximum atomic E-state index is 9.57. The summed E-state index contributed by atoms with van der Waals surface area (Å²) in [7, 11) is 0. The van der Waals surface area contributed by atoms with Gasteiger partial charge in [-0.2, -0.15) is 0 Å². The number of hydrogen-bond acceptors (Lipinski definition) is 3. The molecule has 7 heteroatoms. The van der Waals surface area contributed by atoms with Crippen LogP contribution in [0.15, 0.2) is 29.3 Å². The lowest BCUT2D eigenvalue weighted by Crippen LogP contribution is -2.45. The van der Waals surface area contributed by atoms with Crippen molar-refractivity contribution in [3.63, 3.8) is 0 Å². The SMILES string of the molecule is CCNC(=NCCOc1cccc(Cl)c1)NC1CCC(O)CC1.I. The molecule has 0 heterocycles. The third-order valence-electron chi connectivity index (χ3n) is 3.81. The van der Waals surface area contributed by atoms with Crippen molar-refractivity contribution < 1.29 is 9.84 Å². The van der Waals surface area contributed by atoms with Crippen LogP contribution >= 0.6 is 35.6 Å². The van der Waals surface area contributed by atoms with Gasteiger partial charge in [0.2, 0.25) is 0 Å². The number of aliphatic hydroxyl groups excluding tert-OH is 1. The van der Waals surface area contributed by atoms with Gasteiger partial charge in [0, 0.05) is 17.6 Å². The highest BCUT2D eigenvalue weighted by Crippen LogP contribution is 2.18. The van der Waals surface area contributed by atoms with E-state index in [1.807, 2.05) is 25.1 Å². The molecule has 1 saturated carbocycles. The standard InChI is InChI=1S/C17H26ClN3O2.HI/c1-2-19-17(21-14-6-8-15(22)9-7-14)20-10-11-23-16-5-3-4-13(18)12-16;/h3-5,12,14-15,22H,2,6-11H2,1H3,(H2,19,20,21);1H. The molecular weight excluding hydrogens is 441 g/mol. The maximum Gasteiger partial charge on any atom is 0.191 e. The van der Waals surface area contributed by atoms with Gasteiger partial charge in [0.05, 0.1) is 12.6 Å². The van der Waals surface area contributed by atoms with E-state index in [1.54, 1.807) is 6.07 Å². The molecule has 1 fully saturated rings. The van der Waals surface area contributed by atoms with Gasteiger partial charge in [-0.25, -0.2) is 4.99 Å². The first-order valence-electron chi connectivity index (χ1n) is 8.28. The van der Waals surface area contributed by atoms with Crippen molar-refractivity contribution in [2.45, 2.75) is 44.8 Å². The van der Waals surface area contributed by atoms with E-state index in [9.17, 15) is 5.11 Å². The topological polar surface area (TPSA) is 65.9 Å². The van der Waals surface area contributed by atoms with Crippen molar-refractivity contribution in [1.82, 2.24) is 10.6 Å². The summed E-state index contributed by atoms with van der Waals surface area (Å²) < 4.78 is 5.64. The Bertz CT molecular complexity index is 508. The number of halogens is 2. The van der Waals surface area contributed by atoms with Crippen LogP contribution in [0, 0.1) is 0 Å². The highest BCUT2D eigenvalue weighted by Gasteiger charge is 2.19. The summed E-state index contributed by atoms with van der Waals surface area (Å²) in [6.07, 6.45) is 3.53. The molecule has 1 aromatic rings. The molecule has 0 aliphatic heterocycles. The number of rotatable bonds is 6. The zero-order chi connectivity index (χ0) is 16.5. The minimum absolute atomic E-state index is 0. The molecule has 0 amide bonds. The largest absolute Gasteiger partial charge is 0.492 e. The Morgan fingerprint density at radius 2 is 2.08 bits per heavy atom. The molecule has 0 saturated heterocycles. The first kappa shape index (κ1) is 21.3. The van der Waals surface area contributed by atoms with Crippen molar-refractivity contribution in [3.05, 3.63) is 29.3 Å². The number of hydrogen-bond donors (Lipinski definition) is 3. The lowest BCUT2D eigenvalue weighted by atomic mass is 9.93. The molecule has 0 spiro atoms. The fourth-order valence-electron chi connectivity index (χ4n) is 2.61. The van der Waals surface area contributed by atoms with Crippen LogP contribution in [0.25, 0.3) is 0 Å². The Labute approximate surface area is 166 Å². The van der Waals surface area contributed by atoms with E-state index in [0.717, 1.165) is 43.9 Å². The van der Waals surface area contributed by atoms with Crippen LogP contribution in [0.4, 0.5) is 0 Å². The van der Waals surface area contributed by atoms with Crippen LogP contribution in [0.3, 0.4) is 0 Å². The summed E-state index contributed by atoms with van der Waals surface area (Å²) in [6.45, 7) is 3.93. The molecule has 3 N–H and O–H groups in total. The lowest BCUT2D eigenvalue weighted by molar-refractivity contribution is 0.120. The molecular formula is C17H27ClIN3O2. The predicted molar refractivity (Wildman–Crippen MR) is 110 cm³/mol. The molecule has 5 nitrogen and oxygen atoms in total. The minimum atomic E-state index is -0.140. The number of benzene rings is 1. The van der Waals surface area contributed by atoms with Gasteiger partial charge in [-0.15, -0.1) is 24.0 Å². The Hall–Kier alpha value is -0.730. The van der Waals surface area contributed by atoms with Crippen LogP contribution in [-0.2, 0) is 0 Å². The average Bonchev–Trinajstić information content (AvgIpc) is 2.54. The second-order valence-electron chi connectivity index (χ2n) is 5.72. The molecule has 0 unspecified atom stereocenters. The van der Waals surface area contributed by atoms with E-state index >= 15 is 0 Å². The molecule has 1 aliphatic carbocycles. The fourth-order valence-corrected chi connectivity index (χ4v) is 2.79. The molecule has 0 radical (unpaired) electrons. The van der Waals surface area contributed by atoms with Gasteiger partial charge in [-0.05, 0) is 50.8 Å². The zero-order valence-electron chi connectivity index (χ0n) is 14.0. The van der Waals surface area contributed by atoms with Gasteiger partial charge in [-0.3, -0.25) is 0 Å². The number of aliphatic imine (C=N–C) groups is 1. The third-order valence-corrected chi connectivity index (χ3v) is 4.04. The predicted octanol–water partition coefficient (Wildman–Crippen LogP) is 3.20. The normalized spacial score (nSPS) is 20.9. The Balaban J connectivity index is 0.00000288. The minimum Gasteiger partial charge on any atom is -0.492 e. The maximum absolute atomic E-state index is 9.57.